The SMILES string of the molecule is Nc1ccc(C(=O)O)cc1.[MgH2]. The molecule has 0 aliphatic carbocycles. The van der Waals surface area contributed by atoms with Gasteiger partial charge >= 0.3 is 29.0 Å². The van der Waals surface area contributed by atoms with Crippen LogP contribution in [0.2, 0.25) is 0 Å². The van der Waals surface area contributed by atoms with Crippen molar-refractivity contribution >= 4 is 34.7 Å². The molecule has 0 saturated carbocycles. The van der Waals surface area contributed by atoms with E-state index in [0.717, 1.165) is 0 Å². The number of anilines is 1. The van der Waals surface area contributed by atoms with Crippen molar-refractivity contribution in [3.05, 3.63) is 29.8 Å². The Morgan fingerprint density at radius 3 is 2.09 bits per heavy atom. The lowest BCUT2D eigenvalue weighted by atomic mass is 10.2. The average molecular weight is 163 g/mol. The zero-order valence-corrected chi connectivity index (χ0v) is 5.24. The van der Waals surface area contributed by atoms with E-state index in [-0.39, 0.29) is 28.6 Å². The second-order valence-electron chi connectivity index (χ2n) is 1.93. The smallest absolute Gasteiger partial charge is 0.335 e. The number of carbonyl (C=O) groups is 1. The Labute approximate surface area is 80.4 Å². The van der Waals surface area contributed by atoms with Gasteiger partial charge in [-0.3, -0.25) is 0 Å². The van der Waals surface area contributed by atoms with Gasteiger partial charge in [-0.2, -0.15) is 0 Å². The molecule has 0 spiro atoms. The number of carboxylic acids is 1. The largest absolute Gasteiger partial charge is 0.478 e. The molecule has 0 aliphatic rings. The number of hydrogen-bond donors (Lipinski definition) is 2. The fraction of sp³-hybridized carbons (Fsp3) is 0. The van der Waals surface area contributed by atoms with Crippen molar-refractivity contribution < 1.29 is 9.90 Å². The van der Waals surface area contributed by atoms with Gasteiger partial charge in [-0.05, 0) is 24.3 Å². The quantitative estimate of drug-likeness (QED) is 0.454. The number of hydrogen-bond acceptors (Lipinski definition) is 2. The number of nitrogens with two attached hydrogens (primary N) is 1. The highest BCUT2D eigenvalue weighted by atomic mass is 24.3. The van der Waals surface area contributed by atoms with Gasteiger partial charge < -0.3 is 10.8 Å². The zero-order valence-electron chi connectivity index (χ0n) is 5.24. The predicted octanol–water partition coefficient (Wildman–Crippen LogP) is 0.0508. The first-order chi connectivity index (χ1) is 4.70. The Balaban J connectivity index is 0.000001000. The summed E-state index contributed by atoms with van der Waals surface area (Å²) in [7, 11) is 0. The number of nitrogen functional groups attached to an aromatic ring is 1. The second kappa shape index (κ2) is 4.20. The van der Waals surface area contributed by atoms with E-state index in [1.165, 1.54) is 12.1 Å². The molecule has 0 aromatic heterocycles. The van der Waals surface area contributed by atoms with Crippen LogP contribution in [0.25, 0.3) is 0 Å². The van der Waals surface area contributed by atoms with Crippen LogP contribution in [-0.4, -0.2) is 34.1 Å². The monoisotopic (exact) mass is 163 g/mol. The lowest BCUT2D eigenvalue weighted by Crippen LogP contribution is -1.95. The summed E-state index contributed by atoms with van der Waals surface area (Å²) >= 11 is 0. The molecule has 1 rings (SSSR count). The average Bonchev–Trinajstić information content (AvgIpc) is 1.88. The minimum atomic E-state index is -0.931. The summed E-state index contributed by atoms with van der Waals surface area (Å²) in [6.07, 6.45) is 0. The molecule has 0 bridgehead atoms. The number of aromatic carboxylic acids is 1. The van der Waals surface area contributed by atoms with E-state index >= 15 is 0 Å². The molecule has 1 aromatic carbocycles. The summed E-state index contributed by atoms with van der Waals surface area (Å²) in [5.41, 5.74) is 6.17. The van der Waals surface area contributed by atoms with Gasteiger partial charge in [0.25, 0.3) is 0 Å². The van der Waals surface area contributed by atoms with E-state index in [0.29, 0.717) is 5.69 Å². The summed E-state index contributed by atoms with van der Waals surface area (Å²) in [4.78, 5) is 10.3. The van der Waals surface area contributed by atoms with Crippen molar-refractivity contribution in [3.8, 4) is 0 Å². The molecule has 4 heteroatoms. The molecule has 1 aromatic rings. The summed E-state index contributed by atoms with van der Waals surface area (Å²) in [6.45, 7) is 0. The van der Waals surface area contributed by atoms with Crippen LogP contribution in [-0.2, 0) is 0 Å². The third-order valence-electron chi connectivity index (χ3n) is 1.16. The molecule has 0 fully saturated rings. The van der Waals surface area contributed by atoms with Crippen LogP contribution in [0.4, 0.5) is 5.69 Å². The fourth-order valence-corrected chi connectivity index (χ4v) is 0.626. The molecular weight excluding hydrogens is 154 g/mol. The van der Waals surface area contributed by atoms with Gasteiger partial charge in [0, 0.05) is 5.69 Å². The molecule has 0 atom stereocenters. The van der Waals surface area contributed by atoms with Gasteiger partial charge in [0.2, 0.25) is 0 Å². The minimum Gasteiger partial charge on any atom is -0.478 e. The van der Waals surface area contributed by atoms with E-state index < -0.39 is 5.97 Å². The third kappa shape index (κ3) is 2.77. The maximum absolute atomic E-state index is 10.3. The normalized spacial score (nSPS) is 8.36. The van der Waals surface area contributed by atoms with Crippen molar-refractivity contribution in [3.63, 3.8) is 0 Å². The van der Waals surface area contributed by atoms with Gasteiger partial charge in [-0.1, -0.05) is 0 Å². The van der Waals surface area contributed by atoms with Gasteiger partial charge in [0.1, 0.15) is 0 Å². The molecule has 3 N–H and O–H groups in total. The predicted molar refractivity (Wildman–Crippen MR) is 46.4 cm³/mol. The molecule has 0 heterocycles. The Hall–Kier alpha value is -0.744. The molecular formula is C7H9MgNO2. The number of carboxylic acid groups (broad SMARTS) is 1. The Kier molecular flexibility index (Phi) is 3.92. The lowest BCUT2D eigenvalue weighted by molar-refractivity contribution is 0.0697. The van der Waals surface area contributed by atoms with Crippen LogP contribution in [0.3, 0.4) is 0 Å². The maximum atomic E-state index is 10.3. The van der Waals surface area contributed by atoms with Crippen molar-refractivity contribution in [2.45, 2.75) is 0 Å². The first kappa shape index (κ1) is 10.3. The molecule has 3 nitrogen and oxygen atoms in total. The first-order valence-electron chi connectivity index (χ1n) is 2.79. The minimum absolute atomic E-state index is 0. The molecule has 0 radical (unpaired) electrons. The summed E-state index contributed by atoms with van der Waals surface area (Å²) in [5.74, 6) is -0.931. The van der Waals surface area contributed by atoms with Gasteiger partial charge in [0.05, 0.1) is 5.56 Å². The van der Waals surface area contributed by atoms with Crippen molar-refractivity contribution in [2.24, 2.45) is 0 Å². The topological polar surface area (TPSA) is 63.3 Å². The van der Waals surface area contributed by atoms with E-state index in [1.807, 2.05) is 0 Å². The molecule has 56 valence electrons. The highest BCUT2D eigenvalue weighted by Crippen LogP contribution is 2.04. The molecule has 0 aliphatic heterocycles. The van der Waals surface area contributed by atoms with Gasteiger partial charge in [-0.25, -0.2) is 4.79 Å². The molecule has 11 heavy (non-hydrogen) atoms. The van der Waals surface area contributed by atoms with E-state index in [4.69, 9.17) is 10.8 Å². The van der Waals surface area contributed by atoms with Crippen molar-refractivity contribution in [2.75, 3.05) is 5.73 Å². The summed E-state index contributed by atoms with van der Waals surface area (Å²) < 4.78 is 0. The van der Waals surface area contributed by atoms with Crippen LogP contribution in [0, 0.1) is 0 Å². The zero-order chi connectivity index (χ0) is 7.56. The molecule has 0 amide bonds. The van der Waals surface area contributed by atoms with Gasteiger partial charge in [-0.15, -0.1) is 0 Å². The maximum Gasteiger partial charge on any atom is 0.335 e. The van der Waals surface area contributed by atoms with Crippen molar-refractivity contribution in [1.82, 2.24) is 0 Å². The third-order valence-corrected chi connectivity index (χ3v) is 1.16. The summed E-state index contributed by atoms with van der Waals surface area (Å²) in [6, 6.07) is 6.06. The van der Waals surface area contributed by atoms with Crippen LogP contribution in [0.1, 0.15) is 10.4 Å². The van der Waals surface area contributed by atoms with Crippen LogP contribution >= 0.6 is 0 Å². The van der Waals surface area contributed by atoms with E-state index in [1.54, 1.807) is 12.1 Å². The number of rotatable bonds is 1. The Morgan fingerprint density at radius 2 is 1.73 bits per heavy atom. The molecule has 0 unspecified atom stereocenters. The Morgan fingerprint density at radius 1 is 1.27 bits per heavy atom. The number of benzene rings is 1. The lowest BCUT2D eigenvalue weighted by Gasteiger charge is -1.93. The Bertz CT molecular complexity index is 245. The van der Waals surface area contributed by atoms with Crippen molar-refractivity contribution in [1.29, 1.82) is 0 Å². The standard InChI is InChI=1S/C7H7NO2.Mg.2H/c8-6-3-1-5(2-4-6)7(9)10;;;/h1-4H,8H2,(H,9,10);;;. The van der Waals surface area contributed by atoms with E-state index in [9.17, 15) is 4.79 Å². The van der Waals surface area contributed by atoms with Crippen LogP contribution in [0.15, 0.2) is 24.3 Å². The van der Waals surface area contributed by atoms with Gasteiger partial charge in [0.15, 0.2) is 0 Å². The fourth-order valence-electron chi connectivity index (χ4n) is 0.626. The van der Waals surface area contributed by atoms with Crippen LogP contribution < -0.4 is 5.73 Å². The molecule has 0 saturated heterocycles. The highest BCUT2D eigenvalue weighted by Gasteiger charge is 1.98. The second-order valence-corrected chi connectivity index (χ2v) is 1.93. The van der Waals surface area contributed by atoms with E-state index in [2.05, 4.69) is 0 Å². The van der Waals surface area contributed by atoms with Crippen LogP contribution in [0.5, 0.6) is 0 Å². The first-order valence-corrected chi connectivity index (χ1v) is 2.79. The summed E-state index contributed by atoms with van der Waals surface area (Å²) in [5, 5.41) is 8.43. The highest BCUT2D eigenvalue weighted by molar-refractivity contribution is 5.87.